The first-order valence-electron chi connectivity index (χ1n) is 6.26. The van der Waals surface area contributed by atoms with Crippen LogP contribution in [0.1, 0.15) is 18.5 Å². The van der Waals surface area contributed by atoms with E-state index in [0.717, 1.165) is 18.9 Å². The summed E-state index contributed by atoms with van der Waals surface area (Å²) >= 11 is 5.58. The number of methoxy groups -OCH3 is 1. The van der Waals surface area contributed by atoms with Gasteiger partial charge in [-0.2, -0.15) is 13.2 Å². The molecule has 2 heterocycles. The second kappa shape index (κ2) is 6.13. The van der Waals surface area contributed by atoms with Crippen molar-refractivity contribution < 1.29 is 17.9 Å². The van der Waals surface area contributed by atoms with Crippen LogP contribution in [0.25, 0.3) is 0 Å². The highest BCUT2D eigenvalue weighted by Crippen LogP contribution is 2.31. The maximum atomic E-state index is 12.7. The van der Waals surface area contributed by atoms with Crippen LogP contribution in [-0.2, 0) is 10.9 Å². The van der Waals surface area contributed by atoms with Crippen LogP contribution < -0.4 is 4.90 Å². The van der Waals surface area contributed by atoms with E-state index >= 15 is 0 Å². The van der Waals surface area contributed by atoms with E-state index in [4.69, 9.17) is 16.3 Å². The molecule has 0 spiro atoms. The minimum Gasteiger partial charge on any atom is -0.384 e. The van der Waals surface area contributed by atoms with Gasteiger partial charge in [0.05, 0.1) is 0 Å². The molecule has 20 heavy (non-hydrogen) atoms. The van der Waals surface area contributed by atoms with E-state index in [1.54, 1.807) is 12.0 Å². The van der Waals surface area contributed by atoms with Gasteiger partial charge in [-0.15, -0.1) is 0 Å². The smallest absolute Gasteiger partial charge is 0.384 e. The maximum absolute atomic E-state index is 12.7. The Balaban J connectivity index is 2.12. The SMILES string of the molecule is COCC1CCN(c2cc(C(F)(F)F)nc(Cl)n2)CC1. The van der Waals surface area contributed by atoms with E-state index in [-0.39, 0.29) is 11.1 Å². The molecule has 1 aromatic heterocycles. The summed E-state index contributed by atoms with van der Waals surface area (Å²) in [5.41, 5.74) is -1.01. The zero-order chi connectivity index (χ0) is 14.8. The summed E-state index contributed by atoms with van der Waals surface area (Å²) < 4.78 is 43.2. The number of ether oxygens (including phenoxy) is 1. The monoisotopic (exact) mass is 309 g/mol. The first kappa shape index (κ1) is 15.3. The molecule has 0 aromatic carbocycles. The molecule has 1 saturated heterocycles. The Bertz CT molecular complexity index is 462. The van der Waals surface area contributed by atoms with E-state index in [0.29, 0.717) is 25.6 Å². The lowest BCUT2D eigenvalue weighted by Gasteiger charge is -2.32. The lowest BCUT2D eigenvalue weighted by molar-refractivity contribution is -0.141. The molecule has 0 aliphatic carbocycles. The van der Waals surface area contributed by atoms with Gasteiger partial charge in [-0.3, -0.25) is 0 Å². The zero-order valence-electron chi connectivity index (χ0n) is 11.0. The van der Waals surface area contributed by atoms with Crippen molar-refractivity contribution in [3.63, 3.8) is 0 Å². The summed E-state index contributed by atoms with van der Waals surface area (Å²) in [6.45, 7) is 1.95. The van der Waals surface area contributed by atoms with Gasteiger partial charge >= 0.3 is 6.18 Å². The van der Waals surface area contributed by atoms with Crippen LogP contribution in [-0.4, -0.2) is 36.8 Å². The second-order valence-electron chi connectivity index (χ2n) is 4.76. The molecule has 0 saturated carbocycles. The van der Waals surface area contributed by atoms with Crippen molar-refractivity contribution in [1.29, 1.82) is 0 Å². The summed E-state index contributed by atoms with van der Waals surface area (Å²) in [4.78, 5) is 8.92. The number of aromatic nitrogens is 2. The Kier molecular flexibility index (Phi) is 4.70. The summed E-state index contributed by atoms with van der Waals surface area (Å²) in [6.07, 6.45) is -2.80. The van der Waals surface area contributed by atoms with Gasteiger partial charge in [-0.25, -0.2) is 9.97 Å². The van der Waals surface area contributed by atoms with Crippen LogP contribution in [0.2, 0.25) is 5.28 Å². The summed E-state index contributed by atoms with van der Waals surface area (Å²) in [5.74, 6) is 0.670. The first-order valence-corrected chi connectivity index (χ1v) is 6.63. The van der Waals surface area contributed by atoms with Gasteiger partial charge in [-0.1, -0.05) is 0 Å². The number of anilines is 1. The Morgan fingerprint density at radius 3 is 2.55 bits per heavy atom. The highest BCUT2D eigenvalue weighted by Gasteiger charge is 2.34. The predicted molar refractivity (Wildman–Crippen MR) is 68.9 cm³/mol. The van der Waals surface area contributed by atoms with E-state index in [2.05, 4.69) is 9.97 Å². The summed E-state index contributed by atoms with van der Waals surface area (Å²) in [5, 5.41) is -0.381. The van der Waals surface area contributed by atoms with Crippen LogP contribution in [0, 0.1) is 5.92 Å². The largest absolute Gasteiger partial charge is 0.433 e. The van der Waals surface area contributed by atoms with Gasteiger partial charge in [0.25, 0.3) is 0 Å². The molecule has 1 aromatic rings. The van der Waals surface area contributed by atoms with Gasteiger partial charge < -0.3 is 9.64 Å². The van der Waals surface area contributed by atoms with E-state index in [1.165, 1.54) is 0 Å². The van der Waals surface area contributed by atoms with Crippen LogP contribution in [0.5, 0.6) is 0 Å². The Labute approximate surface area is 119 Å². The fourth-order valence-electron chi connectivity index (χ4n) is 2.28. The average molecular weight is 310 g/mol. The van der Waals surface area contributed by atoms with Gasteiger partial charge in [0.1, 0.15) is 5.82 Å². The number of piperidine rings is 1. The quantitative estimate of drug-likeness (QED) is 0.805. The molecule has 0 atom stereocenters. The van der Waals surface area contributed by atoms with Crippen LogP contribution >= 0.6 is 11.6 Å². The molecule has 1 fully saturated rings. The zero-order valence-corrected chi connectivity index (χ0v) is 11.7. The number of halogens is 4. The molecular weight excluding hydrogens is 295 g/mol. The first-order chi connectivity index (χ1) is 9.40. The van der Waals surface area contributed by atoms with Gasteiger partial charge in [0.2, 0.25) is 5.28 Å². The van der Waals surface area contributed by atoms with Crippen molar-refractivity contribution in [3.05, 3.63) is 17.0 Å². The molecule has 8 heteroatoms. The van der Waals surface area contributed by atoms with Crippen LogP contribution in [0.3, 0.4) is 0 Å². The molecule has 112 valence electrons. The molecule has 0 unspecified atom stereocenters. The Morgan fingerprint density at radius 2 is 2.00 bits per heavy atom. The fraction of sp³-hybridized carbons (Fsp3) is 0.667. The maximum Gasteiger partial charge on any atom is 0.433 e. The third kappa shape index (κ3) is 3.73. The average Bonchev–Trinajstić information content (AvgIpc) is 2.38. The van der Waals surface area contributed by atoms with Crippen molar-refractivity contribution in [1.82, 2.24) is 9.97 Å². The van der Waals surface area contributed by atoms with Crippen molar-refractivity contribution >= 4 is 17.4 Å². The lowest BCUT2D eigenvalue weighted by atomic mass is 9.98. The molecular formula is C12H15ClF3N3O. The van der Waals surface area contributed by atoms with Crippen molar-refractivity contribution in [2.45, 2.75) is 19.0 Å². The predicted octanol–water partition coefficient (Wildman–Crippen LogP) is 3.01. The molecule has 0 N–H and O–H groups in total. The summed E-state index contributed by atoms with van der Waals surface area (Å²) in [7, 11) is 1.65. The molecule has 0 amide bonds. The van der Waals surface area contributed by atoms with E-state index < -0.39 is 11.9 Å². The van der Waals surface area contributed by atoms with Gasteiger partial charge in [0.15, 0.2) is 5.69 Å². The summed E-state index contributed by atoms with van der Waals surface area (Å²) in [6, 6.07) is 0.947. The third-order valence-electron chi connectivity index (χ3n) is 3.32. The van der Waals surface area contributed by atoms with E-state index in [1.807, 2.05) is 0 Å². The van der Waals surface area contributed by atoms with Gasteiger partial charge in [0, 0.05) is 32.9 Å². The van der Waals surface area contributed by atoms with Gasteiger partial charge in [-0.05, 0) is 30.4 Å². The van der Waals surface area contributed by atoms with E-state index in [9.17, 15) is 13.2 Å². The molecule has 1 aliphatic heterocycles. The molecule has 1 aliphatic rings. The standard InChI is InChI=1S/C12H15ClF3N3O/c1-20-7-8-2-4-19(5-3-8)10-6-9(12(14,15)16)17-11(13)18-10/h6,8H,2-5,7H2,1H3. The molecule has 0 bridgehead atoms. The number of hydrogen-bond acceptors (Lipinski definition) is 4. The van der Waals surface area contributed by atoms with Crippen molar-refractivity contribution in [3.8, 4) is 0 Å². The minimum atomic E-state index is -4.52. The normalized spacial score (nSPS) is 17.6. The lowest BCUT2D eigenvalue weighted by Crippen LogP contribution is -2.35. The highest BCUT2D eigenvalue weighted by atomic mass is 35.5. The second-order valence-corrected chi connectivity index (χ2v) is 5.10. The van der Waals surface area contributed by atoms with Crippen molar-refractivity contribution in [2.24, 2.45) is 5.92 Å². The molecule has 0 radical (unpaired) electrons. The highest BCUT2D eigenvalue weighted by molar-refractivity contribution is 6.28. The number of hydrogen-bond donors (Lipinski definition) is 0. The topological polar surface area (TPSA) is 38.2 Å². The fourth-order valence-corrected chi connectivity index (χ4v) is 2.46. The number of alkyl halides is 3. The van der Waals surface area contributed by atoms with Crippen molar-refractivity contribution in [2.75, 3.05) is 31.7 Å². The Morgan fingerprint density at radius 1 is 1.35 bits per heavy atom. The molecule has 4 nitrogen and oxygen atoms in total. The minimum absolute atomic E-state index is 0.230. The van der Waals surface area contributed by atoms with Crippen LogP contribution in [0.15, 0.2) is 6.07 Å². The Hall–Kier alpha value is -1.08. The molecule has 2 rings (SSSR count). The number of nitrogens with zero attached hydrogens (tertiary/aromatic N) is 3. The van der Waals surface area contributed by atoms with Crippen LogP contribution in [0.4, 0.5) is 19.0 Å². The third-order valence-corrected chi connectivity index (χ3v) is 3.49. The number of rotatable bonds is 3.